The Balaban J connectivity index is 1.40. The molecule has 4 aromatic heterocycles. The van der Waals surface area contributed by atoms with Crippen LogP contribution in [0.1, 0.15) is 16.2 Å². The summed E-state index contributed by atoms with van der Waals surface area (Å²) in [7, 11) is 0. The first-order valence-electron chi connectivity index (χ1n) is 7.49. The van der Waals surface area contributed by atoms with Gasteiger partial charge in [-0.05, 0) is 29.6 Å². The van der Waals surface area contributed by atoms with Crippen LogP contribution in [0.4, 0.5) is 0 Å². The third-order valence-electron chi connectivity index (χ3n) is 3.50. The van der Waals surface area contributed by atoms with Gasteiger partial charge in [0.05, 0.1) is 29.0 Å². The number of pyridine rings is 1. The molecule has 0 unspecified atom stereocenters. The number of H-pyrrole nitrogens is 1. The zero-order chi connectivity index (χ0) is 17.1. The number of hydrogen-bond acceptors (Lipinski definition) is 6. The molecular weight excluding hydrogens is 338 g/mol. The van der Waals surface area contributed by atoms with Gasteiger partial charge in [0.25, 0.3) is 5.91 Å². The summed E-state index contributed by atoms with van der Waals surface area (Å²) in [5, 5.41) is 19.8. The number of amides is 1. The van der Waals surface area contributed by atoms with Gasteiger partial charge in [0.2, 0.25) is 0 Å². The van der Waals surface area contributed by atoms with Crippen molar-refractivity contribution in [3.05, 3.63) is 65.7 Å². The second-order valence-corrected chi connectivity index (χ2v) is 6.13. The molecule has 0 aliphatic rings. The molecule has 0 aliphatic heterocycles. The normalized spacial score (nSPS) is 10.7. The Bertz CT molecular complexity index is 975. The number of aromatic nitrogens is 6. The van der Waals surface area contributed by atoms with Crippen LogP contribution in [0.2, 0.25) is 0 Å². The first-order chi connectivity index (χ1) is 12.3. The van der Waals surface area contributed by atoms with Crippen LogP contribution in [0, 0.1) is 0 Å². The summed E-state index contributed by atoms with van der Waals surface area (Å²) in [5.41, 5.74) is 2.67. The van der Waals surface area contributed by atoms with Crippen molar-refractivity contribution in [2.45, 2.75) is 6.54 Å². The second-order valence-electron chi connectivity index (χ2n) is 5.19. The molecule has 2 N–H and O–H groups in total. The van der Waals surface area contributed by atoms with Gasteiger partial charge in [0.1, 0.15) is 5.69 Å². The summed E-state index contributed by atoms with van der Waals surface area (Å²) < 4.78 is 1.63. The largest absolute Gasteiger partial charge is 0.345 e. The van der Waals surface area contributed by atoms with E-state index in [0.717, 1.165) is 16.3 Å². The Morgan fingerprint density at radius 2 is 2.16 bits per heavy atom. The van der Waals surface area contributed by atoms with E-state index in [-0.39, 0.29) is 12.5 Å². The summed E-state index contributed by atoms with van der Waals surface area (Å²) >= 11 is 1.58. The van der Waals surface area contributed by atoms with Gasteiger partial charge in [-0.3, -0.25) is 14.9 Å². The van der Waals surface area contributed by atoms with Crippen molar-refractivity contribution in [3.63, 3.8) is 0 Å². The zero-order valence-corrected chi connectivity index (χ0v) is 13.8. The lowest BCUT2D eigenvalue weighted by Gasteiger charge is -1.99. The highest BCUT2D eigenvalue weighted by Gasteiger charge is 2.12. The van der Waals surface area contributed by atoms with Crippen molar-refractivity contribution in [1.29, 1.82) is 0 Å². The average Bonchev–Trinajstić information content (AvgIpc) is 3.41. The molecule has 0 saturated carbocycles. The highest BCUT2D eigenvalue weighted by Crippen LogP contribution is 2.22. The third-order valence-corrected chi connectivity index (χ3v) is 4.40. The standard InChI is InChI=1S/C16H13N7OS/c24-16(14-8-13(20-21-14)15-2-1-7-25-15)18-9-11-10-23(22-19-11)12-3-5-17-6-4-12/h1-8,10H,9H2,(H,18,24)(H,20,21). The fourth-order valence-electron chi connectivity index (χ4n) is 2.26. The zero-order valence-electron chi connectivity index (χ0n) is 13.0. The molecule has 8 nitrogen and oxygen atoms in total. The van der Waals surface area contributed by atoms with Gasteiger partial charge in [-0.15, -0.1) is 16.4 Å². The van der Waals surface area contributed by atoms with Gasteiger partial charge in [0.15, 0.2) is 5.69 Å². The van der Waals surface area contributed by atoms with Crippen molar-refractivity contribution < 1.29 is 4.79 Å². The van der Waals surface area contributed by atoms with E-state index >= 15 is 0 Å². The SMILES string of the molecule is O=C(NCc1cn(-c2ccncc2)nn1)c1cc(-c2cccs2)[nH]n1. The fraction of sp³-hybridized carbons (Fsp3) is 0.0625. The Morgan fingerprint density at radius 1 is 1.28 bits per heavy atom. The third kappa shape index (κ3) is 3.31. The number of carbonyl (C=O) groups excluding carboxylic acids is 1. The van der Waals surface area contributed by atoms with E-state index in [1.807, 2.05) is 29.6 Å². The minimum absolute atomic E-state index is 0.266. The number of thiophene rings is 1. The smallest absolute Gasteiger partial charge is 0.272 e. The van der Waals surface area contributed by atoms with Crippen LogP contribution in [0.25, 0.3) is 16.3 Å². The minimum Gasteiger partial charge on any atom is -0.345 e. The lowest BCUT2D eigenvalue weighted by Crippen LogP contribution is -2.23. The maximum absolute atomic E-state index is 12.2. The summed E-state index contributed by atoms with van der Waals surface area (Å²) in [6.07, 6.45) is 5.12. The van der Waals surface area contributed by atoms with Crippen molar-refractivity contribution in [2.24, 2.45) is 0 Å². The van der Waals surface area contributed by atoms with E-state index in [9.17, 15) is 4.79 Å². The fourth-order valence-corrected chi connectivity index (χ4v) is 2.95. The van der Waals surface area contributed by atoms with Crippen LogP contribution >= 0.6 is 11.3 Å². The second kappa shape index (κ2) is 6.65. The molecule has 25 heavy (non-hydrogen) atoms. The van der Waals surface area contributed by atoms with Crippen LogP contribution in [-0.2, 0) is 6.54 Å². The Hall–Kier alpha value is -3.33. The summed E-state index contributed by atoms with van der Waals surface area (Å²) in [6.45, 7) is 0.269. The molecule has 4 rings (SSSR count). The predicted molar refractivity (Wildman–Crippen MR) is 92.2 cm³/mol. The van der Waals surface area contributed by atoms with Crippen LogP contribution in [0.15, 0.2) is 54.3 Å². The van der Waals surface area contributed by atoms with Crippen molar-refractivity contribution in [2.75, 3.05) is 0 Å². The van der Waals surface area contributed by atoms with Gasteiger partial charge >= 0.3 is 0 Å². The van der Waals surface area contributed by atoms with Gasteiger partial charge < -0.3 is 5.32 Å². The van der Waals surface area contributed by atoms with Gasteiger partial charge in [-0.2, -0.15) is 5.10 Å². The van der Waals surface area contributed by atoms with Crippen molar-refractivity contribution in [3.8, 4) is 16.3 Å². The van der Waals surface area contributed by atoms with Gasteiger partial charge in [-0.1, -0.05) is 11.3 Å². The molecule has 0 fully saturated rings. The monoisotopic (exact) mass is 351 g/mol. The molecule has 4 heterocycles. The molecule has 0 radical (unpaired) electrons. The number of nitrogens with one attached hydrogen (secondary N) is 2. The summed E-state index contributed by atoms with van der Waals surface area (Å²) in [6, 6.07) is 9.30. The maximum Gasteiger partial charge on any atom is 0.272 e. The molecule has 124 valence electrons. The lowest BCUT2D eigenvalue weighted by atomic mass is 10.3. The molecule has 0 aromatic carbocycles. The number of carbonyl (C=O) groups is 1. The molecule has 4 aromatic rings. The van der Waals surface area contributed by atoms with Crippen LogP contribution < -0.4 is 5.32 Å². The molecule has 0 aliphatic carbocycles. The van der Waals surface area contributed by atoms with Crippen molar-refractivity contribution >= 4 is 17.2 Å². The summed E-state index contributed by atoms with van der Waals surface area (Å²) in [4.78, 5) is 17.2. The number of nitrogens with zero attached hydrogens (tertiary/aromatic N) is 5. The number of rotatable bonds is 5. The highest BCUT2D eigenvalue weighted by molar-refractivity contribution is 7.13. The topological polar surface area (TPSA) is 101 Å². The minimum atomic E-state index is -0.266. The first kappa shape index (κ1) is 15.2. The Labute approximate surface area is 146 Å². The van der Waals surface area contributed by atoms with E-state index in [4.69, 9.17) is 0 Å². The van der Waals surface area contributed by atoms with E-state index in [1.54, 1.807) is 40.7 Å². The van der Waals surface area contributed by atoms with Crippen molar-refractivity contribution in [1.82, 2.24) is 35.5 Å². The number of hydrogen-bond donors (Lipinski definition) is 2. The highest BCUT2D eigenvalue weighted by atomic mass is 32.1. The number of aromatic amines is 1. The molecule has 0 bridgehead atoms. The molecule has 1 amide bonds. The van der Waals surface area contributed by atoms with Gasteiger partial charge in [-0.25, -0.2) is 4.68 Å². The van der Waals surface area contributed by atoms with E-state index in [2.05, 4.69) is 30.8 Å². The predicted octanol–water partition coefficient (Wildman–Crippen LogP) is 2.04. The maximum atomic E-state index is 12.2. The van der Waals surface area contributed by atoms with Crippen LogP contribution in [0.3, 0.4) is 0 Å². The van der Waals surface area contributed by atoms with Crippen LogP contribution in [-0.4, -0.2) is 36.1 Å². The van der Waals surface area contributed by atoms with Gasteiger partial charge in [0, 0.05) is 12.4 Å². The molecule has 0 saturated heterocycles. The van der Waals surface area contributed by atoms with Crippen LogP contribution in [0.5, 0.6) is 0 Å². The van der Waals surface area contributed by atoms with E-state index in [0.29, 0.717) is 11.4 Å². The Kier molecular flexibility index (Phi) is 4.05. The first-order valence-corrected chi connectivity index (χ1v) is 8.37. The Morgan fingerprint density at radius 3 is 2.96 bits per heavy atom. The van der Waals surface area contributed by atoms with E-state index < -0.39 is 0 Å². The quantitative estimate of drug-likeness (QED) is 0.573. The molecule has 0 atom stereocenters. The molecular formula is C16H13N7OS. The molecule has 0 spiro atoms. The summed E-state index contributed by atoms with van der Waals surface area (Å²) in [5.74, 6) is -0.266. The van der Waals surface area contributed by atoms with E-state index in [1.165, 1.54) is 0 Å². The average molecular weight is 351 g/mol. The molecule has 9 heteroatoms. The lowest BCUT2D eigenvalue weighted by molar-refractivity contribution is 0.0945.